The molecule has 0 atom stereocenters. The summed E-state index contributed by atoms with van der Waals surface area (Å²) in [4.78, 5) is 3.25. The number of hydrogen-bond donors (Lipinski definition) is 3. The minimum atomic E-state index is 0.101. The predicted octanol–water partition coefficient (Wildman–Crippen LogP) is 1.81. The number of aliphatic hydroxyl groups is 1. The summed E-state index contributed by atoms with van der Waals surface area (Å²) in [6, 6.07) is 6.00. The standard InChI is InChI=1S/C13H18N2O/c1-2-14-7-6-10-8-15-12-5-3-4-11(9-16)13(10)12/h3-5,8,14-16H,2,6-7,9H2,1H3. The fourth-order valence-corrected chi connectivity index (χ4v) is 2.07. The van der Waals surface area contributed by atoms with Crippen LogP contribution in [0.25, 0.3) is 10.9 Å². The van der Waals surface area contributed by atoms with Crippen LogP contribution < -0.4 is 5.32 Å². The lowest BCUT2D eigenvalue weighted by molar-refractivity contribution is 0.283. The molecule has 2 rings (SSSR count). The molecule has 0 saturated carbocycles. The van der Waals surface area contributed by atoms with Gasteiger partial charge in [-0.15, -0.1) is 0 Å². The summed E-state index contributed by atoms with van der Waals surface area (Å²) in [5, 5.41) is 13.8. The van der Waals surface area contributed by atoms with Crippen LogP contribution in [-0.2, 0) is 13.0 Å². The first-order valence-electron chi connectivity index (χ1n) is 5.76. The number of aliphatic hydroxyl groups excluding tert-OH is 1. The van der Waals surface area contributed by atoms with E-state index in [0.717, 1.165) is 30.6 Å². The Morgan fingerprint density at radius 3 is 2.94 bits per heavy atom. The molecule has 1 heterocycles. The van der Waals surface area contributed by atoms with Crippen molar-refractivity contribution < 1.29 is 5.11 Å². The summed E-state index contributed by atoms with van der Waals surface area (Å²) in [6.07, 6.45) is 3.03. The molecular formula is C13H18N2O. The molecule has 3 heteroatoms. The van der Waals surface area contributed by atoms with Crippen molar-refractivity contribution in [3.63, 3.8) is 0 Å². The molecule has 86 valence electrons. The van der Waals surface area contributed by atoms with Gasteiger partial charge >= 0.3 is 0 Å². The highest BCUT2D eigenvalue weighted by atomic mass is 16.3. The van der Waals surface area contributed by atoms with Gasteiger partial charge in [-0.3, -0.25) is 0 Å². The van der Waals surface area contributed by atoms with Crippen molar-refractivity contribution in [2.24, 2.45) is 0 Å². The van der Waals surface area contributed by atoms with Gasteiger partial charge in [0, 0.05) is 17.1 Å². The topological polar surface area (TPSA) is 48.0 Å². The molecule has 0 aliphatic rings. The van der Waals surface area contributed by atoms with Crippen molar-refractivity contribution in [1.82, 2.24) is 10.3 Å². The van der Waals surface area contributed by atoms with Gasteiger partial charge in [0.25, 0.3) is 0 Å². The van der Waals surface area contributed by atoms with E-state index >= 15 is 0 Å². The summed E-state index contributed by atoms with van der Waals surface area (Å²) < 4.78 is 0. The maximum Gasteiger partial charge on any atom is 0.0688 e. The molecule has 0 saturated heterocycles. The number of H-pyrrole nitrogens is 1. The molecule has 2 aromatic rings. The highest BCUT2D eigenvalue weighted by Gasteiger charge is 2.07. The van der Waals surface area contributed by atoms with E-state index in [2.05, 4.69) is 17.2 Å². The molecule has 0 radical (unpaired) electrons. The van der Waals surface area contributed by atoms with Crippen LogP contribution in [0.2, 0.25) is 0 Å². The zero-order valence-corrected chi connectivity index (χ0v) is 9.59. The molecule has 0 unspecified atom stereocenters. The number of nitrogens with one attached hydrogen (secondary N) is 2. The number of hydrogen-bond acceptors (Lipinski definition) is 2. The Morgan fingerprint density at radius 1 is 1.31 bits per heavy atom. The average Bonchev–Trinajstić information content (AvgIpc) is 2.73. The summed E-state index contributed by atoms with van der Waals surface area (Å²) in [7, 11) is 0. The average molecular weight is 218 g/mol. The molecular weight excluding hydrogens is 200 g/mol. The fraction of sp³-hybridized carbons (Fsp3) is 0.385. The second-order valence-corrected chi connectivity index (χ2v) is 3.92. The third-order valence-electron chi connectivity index (χ3n) is 2.87. The maximum atomic E-state index is 9.32. The van der Waals surface area contributed by atoms with Crippen LogP contribution >= 0.6 is 0 Å². The van der Waals surface area contributed by atoms with Crippen LogP contribution in [0.3, 0.4) is 0 Å². The van der Waals surface area contributed by atoms with Crippen molar-refractivity contribution in [2.75, 3.05) is 13.1 Å². The Balaban J connectivity index is 2.30. The Hall–Kier alpha value is -1.32. The van der Waals surface area contributed by atoms with Crippen molar-refractivity contribution >= 4 is 10.9 Å². The highest BCUT2D eigenvalue weighted by Crippen LogP contribution is 2.22. The third kappa shape index (κ3) is 2.10. The minimum Gasteiger partial charge on any atom is -0.392 e. The Morgan fingerprint density at radius 2 is 2.19 bits per heavy atom. The Labute approximate surface area is 95.5 Å². The van der Waals surface area contributed by atoms with Crippen molar-refractivity contribution in [1.29, 1.82) is 0 Å². The lowest BCUT2D eigenvalue weighted by atomic mass is 10.0. The lowest BCUT2D eigenvalue weighted by Gasteiger charge is -2.04. The molecule has 16 heavy (non-hydrogen) atoms. The van der Waals surface area contributed by atoms with E-state index in [-0.39, 0.29) is 6.61 Å². The normalized spacial score (nSPS) is 11.1. The number of likely N-dealkylation sites (N-methyl/N-ethyl adjacent to an activating group) is 1. The molecule has 0 spiro atoms. The summed E-state index contributed by atoms with van der Waals surface area (Å²) in [5.41, 5.74) is 3.39. The number of aromatic amines is 1. The zero-order chi connectivity index (χ0) is 11.4. The van der Waals surface area contributed by atoms with Gasteiger partial charge in [0.15, 0.2) is 0 Å². The van der Waals surface area contributed by atoms with Gasteiger partial charge in [0.2, 0.25) is 0 Å². The van der Waals surface area contributed by atoms with E-state index in [1.165, 1.54) is 10.9 Å². The zero-order valence-electron chi connectivity index (χ0n) is 9.59. The fourth-order valence-electron chi connectivity index (χ4n) is 2.07. The van der Waals surface area contributed by atoms with Gasteiger partial charge in [0.05, 0.1) is 6.61 Å². The van der Waals surface area contributed by atoms with E-state index in [1.54, 1.807) is 0 Å². The first-order valence-corrected chi connectivity index (χ1v) is 5.76. The van der Waals surface area contributed by atoms with Gasteiger partial charge in [0.1, 0.15) is 0 Å². The first-order chi connectivity index (χ1) is 7.86. The third-order valence-corrected chi connectivity index (χ3v) is 2.87. The Bertz CT molecular complexity index is 462. The van der Waals surface area contributed by atoms with Crippen LogP contribution in [0.15, 0.2) is 24.4 Å². The van der Waals surface area contributed by atoms with Gasteiger partial charge in [-0.25, -0.2) is 0 Å². The van der Waals surface area contributed by atoms with Crippen LogP contribution in [0.1, 0.15) is 18.1 Å². The van der Waals surface area contributed by atoms with Gasteiger partial charge in [-0.05, 0) is 36.7 Å². The monoisotopic (exact) mass is 218 g/mol. The Kier molecular flexibility index (Phi) is 3.59. The minimum absolute atomic E-state index is 0.101. The lowest BCUT2D eigenvalue weighted by Crippen LogP contribution is -2.15. The molecule has 1 aromatic carbocycles. The quantitative estimate of drug-likeness (QED) is 0.670. The summed E-state index contributed by atoms with van der Waals surface area (Å²) in [6.45, 7) is 4.18. The van der Waals surface area contributed by atoms with Crippen molar-refractivity contribution in [3.8, 4) is 0 Å². The van der Waals surface area contributed by atoms with E-state index in [1.807, 2.05) is 24.4 Å². The molecule has 0 bridgehead atoms. The second kappa shape index (κ2) is 5.14. The number of rotatable bonds is 5. The first kappa shape index (κ1) is 11.2. The number of benzene rings is 1. The summed E-state index contributed by atoms with van der Waals surface area (Å²) in [5.74, 6) is 0. The van der Waals surface area contributed by atoms with Crippen molar-refractivity contribution in [2.45, 2.75) is 20.0 Å². The maximum absolute atomic E-state index is 9.32. The largest absolute Gasteiger partial charge is 0.392 e. The predicted molar refractivity (Wildman–Crippen MR) is 66.5 cm³/mol. The van der Waals surface area contributed by atoms with E-state index in [9.17, 15) is 5.11 Å². The number of fused-ring (bicyclic) bond motifs is 1. The van der Waals surface area contributed by atoms with Crippen LogP contribution in [-0.4, -0.2) is 23.2 Å². The highest BCUT2D eigenvalue weighted by molar-refractivity contribution is 5.86. The molecule has 3 nitrogen and oxygen atoms in total. The second-order valence-electron chi connectivity index (χ2n) is 3.92. The molecule has 1 aromatic heterocycles. The molecule has 3 N–H and O–H groups in total. The number of aromatic nitrogens is 1. The van der Waals surface area contributed by atoms with E-state index < -0.39 is 0 Å². The summed E-state index contributed by atoms with van der Waals surface area (Å²) >= 11 is 0. The van der Waals surface area contributed by atoms with Crippen LogP contribution in [0.4, 0.5) is 0 Å². The molecule has 0 aliphatic heterocycles. The SMILES string of the molecule is CCNCCc1c[nH]c2cccc(CO)c12. The molecule has 0 fully saturated rings. The van der Waals surface area contributed by atoms with E-state index in [0.29, 0.717) is 0 Å². The molecule has 0 amide bonds. The smallest absolute Gasteiger partial charge is 0.0688 e. The van der Waals surface area contributed by atoms with Crippen LogP contribution in [0, 0.1) is 0 Å². The van der Waals surface area contributed by atoms with Crippen LogP contribution in [0.5, 0.6) is 0 Å². The van der Waals surface area contributed by atoms with Crippen molar-refractivity contribution in [3.05, 3.63) is 35.5 Å². The molecule has 0 aliphatic carbocycles. The van der Waals surface area contributed by atoms with Gasteiger partial charge in [-0.2, -0.15) is 0 Å². The van der Waals surface area contributed by atoms with Gasteiger partial charge in [-0.1, -0.05) is 19.1 Å². The van der Waals surface area contributed by atoms with E-state index in [4.69, 9.17) is 0 Å². The van der Waals surface area contributed by atoms with Gasteiger partial charge < -0.3 is 15.4 Å².